The first-order valence-electron chi connectivity index (χ1n) is 10.7. The summed E-state index contributed by atoms with van der Waals surface area (Å²) < 4.78 is 18.1. The van der Waals surface area contributed by atoms with Gasteiger partial charge in [-0.1, -0.05) is 39.0 Å². The van der Waals surface area contributed by atoms with E-state index in [-0.39, 0.29) is 11.1 Å². The van der Waals surface area contributed by atoms with Gasteiger partial charge in [0, 0.05) is 10.8 Å². The molecule has 0 unspecified atom stereocenters. The molecule has 0 saturated heterocycles. The van der Waals surface area contributed by atoms with E-state index in [0.717, 1.165) is 16.9 Å². The zero-order valence-electron chi connectivity index (χ0n) is 19.8. The number of benzene rings is 1. The average Bonchev–Trinajstić information content (AvgIpc) is 2.66. The maximum absolute atomic E-state index is 11.2. The summed E-state index contributed by atoms with van der Waals surface area (Å²) >= 11 is 0. The molecule has 1 N–H and O–H groups in total. The maximum Gasteiger partial charge on any atom is 0.229 e. The largest absolute Gasteiger partial charge is 0.497 e. The molecule has 0 saturated carbocycles. The fourth-order valence-electron chi connectivity index (χ4n) is 3.63. The minimum Gasteiger partial charge on any atom is -0.497 e. The van der Waals surface area contributed by atoms with E-state index >= 15 is 0 Å². The van der Waals surface area contributed by atoms with Crippen molar-refractivity contribution in [2.24, 2.45) is 5.92 Å². The van der Waals surface area contributed by atoms with E-state index in [9.17, 15) is 15.2 Å². The summed E-state index contributed by atoms with van der Waals surface area (Å²) in [4.78, 5) is 10.7. The summed E-state index contributed by atoms with van der Waals surface area (Å²) in [5, 5.41) is 22.0. The number of nitrogens with zero attached hydrogens (tertiary/aromatic N) is 1. The highest BCUT2D eigenvalue weighted by atomic mass is 28.4. The molecule has 31 heavy (non-hydrogen) atoms. The first-order chi connectivity index (χ1) is 14.4. The van der Waals surface area contributed by atoms with Crippen LogP contribution in [0.25, 0.3) is 0 Å². The number of aliphatic hydroxyl groups excluding tert-OH is 1. The lowest BCUT2D eigenvalue weighted by Gasteiger charge is -2.45. The van der Waals surface area contributed by atoms with E-state index in [4.69, 9.17) is 13.9 Å². The number of aliphatic hydroxyl groups is 1. The van der Waals surface area contributed by atoms with Crippen molar-refractivity contribution in [3.63, 3.8) is 0 Å². The Bertz CT molecular complexity index is 771. The Labute approximate surface area is 186 Å². The summed E-state index contributed by atoms with van der Waals surface area (Å²) in [7, 11) is -0.532. The SMILES string of the molecule is COc1ccc(CO[C@H]2C(C)=CC[C@H](O[Si](C)(C)C(C)(C)C)[C@H]2[C@@H](O)C[N+](=O)[O-])cc1. The van der Waals surface area contributed by atoms with Gasteiger partial charge in [-0.15, -0.1) is 0 Å². The van der Waals surface area contributed by atoms with E-state index in [1.165, 1.54) is 0 Å². The molecule has 0 bridgehead atoms. The predicted molar refractivity (Wildman–Crippen MR) is 123 cm³/mol. The molecule has 0 spiro atoms. The highest BCUT2D eigenvalue weighted by molar-refractivity contribution is 6.74. The Kier molecular flexibility index (Phi) is 8.44. The molecule has 0 fully saturated rings. The van der Waals surface area contributed by atoms with Crippen molar-refractivity contribution >= 4 is 8.32 Å². The van der Waals surface area contributed by atoms with Gasteiger partial charge in [0.05, 0.1) is 25.9 Å². The topological polar surface area (TPSA) is 91.1 Å². The Balaban J connectivity index is 2.27. The van der Waals surface area contributed by atoms with E-state index in [1.807, 2.05) is 31.2 Å². The molecule has 1 aromatic carbocycles. The van der Waals surface area contributed by atoms with Gasteiger partial charge in [0.2, 0.25) is 6.54 Å². The molecule has 4 atom stereocenters. The van der Waals surface area contributed by atoms with Crippen LogP contribution in [0, 0.1) is 16.0 Å². The average molecular weight is 452 g/mol. The van der Waals surface area contributed by atoms with Gasteiger partial charge in [0.1, 0.15) is 11.9 Å². The molecule has 8 heteroatoms. The molecular weight excluding hydrogens is 414 g/mol. The van der Waals surface area contributed by atoms with Crippen molar-refractivity contribution < 1.29 is 23.9 Å². The summed E-state index contributed by atoms with van der Waals surface area (Å²) in [5.74, 6) is 0.252. The van der Waals surface area contributed by atoms with E-state index < -0.39 is 37.9 Å². The number of nitro groups is 1. The predicted octanol–water partition coefficient (Wildman–Crippen LogP) is 4.57. The van der Waals surface area contributed by atoms with Gasteiger partial charge in [-0.05, 0) is 54.7 Å². The number of ether oxygens (including phenoxy) is 2. The van der Waals surface area contributed by atoms with Crippen LogP contribution in [0.15, 0.2) is 35.9 Å². The van der Waals surface area contributed by atoms with Gasteiger partial charge < -0.3 is 19.0 Å². The van der Waals surface area contributed by atoms with Crippen LogP contribution in [-0.4, -0.2) is 50.3 Å². The molecule has 7 nitrogen and oxygen atoms in total. The zero-order valence-corrected chi connectivity index (χ0v) is 20.8. The molecule has 0 radical (unpaired) electrons. The Morgan fingerprint density at radius 2 is 1.87 bits per heavy atom. The van der Waals surface area contributed by atoms with Crippen molar-refractivity contribution in [2.75, 3.05) is 13.7 Å². The molecule has 2 rings (SSSR count). The normalized spacial score (nSPS) is 23.2. The van der Waals surface area contributed by atoms with Crippen LogP contribution in [0.5, 0.6) is 5.75 Å². The molecular formula is C23H37NO6Si. The zero-order chi connectivity index (χ0) is 23.4. The van der Waals surface area contributed by atoms with Crippen molar-refractivity contribution in [1.82, 2.24) is 0 Å². The fourth-order valence-corrected chi connectivity index (χ4v) is 4.99. The Morgan fingerprint density at radius 1 is 1.26 bits per heavy atom. The lowest BCUT2D eigenvalue weighted by molar-refractivity contribution is -0.493. The first-order valence-corrected chi connectivity index (χ1v) is 13.7. The van der Waals surface area contributed by atoms with Crippen LogP contribution in [0.1, 0.15) is 39.7 Å². The second kappa shape index (κ2) is 10.2. The fraction of sp³-hybridized carbons (Fsp3) is 0.652. The Hall–Kier alpha value is -1.74. The van der Waals surface area contributed by atoms with Crippen LogP contribution in [0.2, 0.25) is 18.1 Å². The van der Waals surface area contributed by atoms with Gasteiger partial charge in [-0.2, -0.15) is 0 Å². The highest BCUT2D eigenvalue weighted by Gasteiger charge is 2.46. The van der Waals surface area contributed by atoms with Crippen molar-refractivity contribution in [3.05, 3.63) is 51.6 Å². The summed E-state index contributed by atoms with van der Waals surface area (Å²) in [6, 6.07) is 7.58. The van der Waals surface area contributed by atoms with E-state index in [2.05, 4.69) is 39.9 Å². The van der Waals surface area contributed by atoms with Crippen LogP contribution in [0.4, 0.5) is 0 Å². The Morgan fingerprint density at radius 3 is 2.39 bits per heavy atom. The molecule has 0 amide bonds. The highest BCUT2D eigenvalue weighted by Crippen LogP contribution is 2.41. The van der Waals surface area contributed by atoms with Crippen molar-refractivity contribution in [1.29, 1.82) is 0 Å². The minimum atomic E-state index is -2.15. The summed E-state index contributed by atoms with van der Waals surface area (Å²) in [6.45, 7) is 12.5. The molecule has 0 aliphatic heterocycles. The van der Waals surface area contributed by atoms with Crippen LogP contribution in [0.3, 0.4) is 0 Å². The number of hydrogen-bond acceptors (Lipinski definition) is 6. The molecule has 0 aromatic heterocycles. The number of rotatable bonds is 9. The second-order valence-corrected chi connectivity index (χ2v) is 14.6. The summed E-state index contributed by atoms with van der Waals surface area (Å²) in [5.41, 5.74) is 1.93. The standard InChI is InChI=1S/C23H37NO6Si/c1-16-8-13-20(30-31(6,7)23(2,3)4)21(19(25)14-24(26)27)22(16)29-15-17-9-11-18(28-5)12-10-17/h8-12,19-22,25H,13-15H2,1-7H3/t19-,20-,21+,22-/m0/s1. The van der Waals surface area contributed by atoms with E-state index in [0.29, 0.717) is 13.0 Å². The monoisotopic (exact) mass is 451 g/mol. The van der Waals surface area contributed by atoms with Gasteiger partial charge in [-0.3, -0.25) is 10.1 Å². The van der Waals surface area contributed by atoms with Gasteiger partial charge in [-0.25, -0.2) is 0 Å². The second-order valence-electron chi connectivity index (χ2n) is 9.84. The molecule has 174 valence electrons. The van der Waals surface area contributed by atoms with Gasteiger partial charge in [0.25, 0.3) is 0 Å². The van der Waals surface area contributed by atoms with Crippen LogP contribution < -0.4 is 4.74 Å². The van der Waals surface area contributed by atoms with Crippen LogP contribution in [-0.2, 0) is 15.8 Å². The summed E-state index contributed by atoms with van der Waals surface area (Å²) in [6.07, 6.45) is 0.738. The first kappa shape index (κ1) is 25.5. The molecule has 1 aliphatic rings. The van der Waals surface area contributed by atoms with Crippen molar-refractivity contribution in [2.45, 2.75) is 77.2 Å². The van der Waals surface area contributed by atoms with Crippen molar-refractivity contribution in [3.8, 4) is 5.75 Å². The third kappa shape index (κ3) is 6.62. The third-order valence-corrected chi connectivity index (χ3v) is 11.0. The van der Waals surface area contributed by atoms with Gasteiger partial charge in [0.15, 0.2) is 8.32 Å². The number of methoxy groups -OCH3 is 1. The van der Waals surface area contributed by atoms with Crippen LogP contribution >= 0.6 is 0 Å². The smallest absolute Gasteiger partial charge is 0.229 e. The number of hydrogen-bond donors (Lipinski definition) is 1. The quantitative estimate of drug-likeness (QED) is 0.256. The third-order valence-electron chi connectivity index (χ3n) is 6.52. The van der Waals surface area contributed by atoms with E-state index in [1.54, 1.807) is 7.11 Å². The maximum atomic E-state index is 11.2. The molecule has 1 aromatic rings. The minimum absolute atomic E-state index is 0.0126. The molecule has 1 aliphatic carbocycles. The molecule has 0 heterocycles. The lowest BCUT2D eigenvalue weighted by Crippen LogP contribution is -2.53. The lowest BCUT2D eigenvalue weighted by atomic mass is 9.80. The van der Waals surface area contributed by atoms with Gasteiger partial charge >= 0.3 is 0 Å².